The fourth-order valence-corrected chi connectivity index (χ4v) is 4.80. The van der Waals surface area contributed by atoms with Crippen LogP contribution >= 0.6 is 11.6 Å². The Bertz CT molecular complexity index is 1380. The van der Waals surface area contributed by atoms with E-state index >= 15 is 0 Å². The standard InChI is InChI=1S/C29H27ClN2O4/c1-3-19-4-9-23(10-5-19)36-29(33)32-15-14-24-25-18-21(30)8-13-26(25)31-27(24)28(32)20-6-11-22(12-7-20)35-17-16-34-2/h3-13,18,28,31H,1,14-17H2,2H3. The Morgan fingerprint density at radius 1 is 1.08 bits per heavy atom. The number of aromatic nitrogens is 1. The maximum Gasteiger partial charge on any atom is 0.416 e. The Morgan fingerprint density at radius 3 is 2.56 bits per heavy atom. The summed E-state index contributed by atoms with van der Waals surface area (Å²) in [5, 5.41) is 1.76. The first-order chi connectivity index (χ1) is 17.6. The number of H-pyrrole nitrogens is 1. The third-order valence-electron chi connectivity index (χ3n) is 6.40. The van der Waals surface area contributed by atoms with Crippen LogP contribution in [0.1, 0.15) is 28.4 Å². The van der Waals surface area contributed by atoms with E-state index in [1.807, 2.05) is 54.6 Å². The molecule has 7 heteroatoms. The van der Waals surface area contributed by atoms with Crippen LogP contribution in [0.5, 0.6) is 11.5 Å². The topological polar surface area (TPSA) is 63.8 Å². The van der Waals surface area contributed by atoms with Gasteiger partial charge in [-0.1, -0.05) is 48.5 Å². The number of fused-ring (bicyclic) bond motifs is 3. The lowest BCUT2D eigenvalue weighted by atomic mass is 9.92. The number of rotatable bonds is 7. The minimum Gasteiger partial charge on any atom is -0.491 e. The van der Waals surface area contributed by atoms with Crippen molar-refractivity contribution in [2.24, 2.45) is 0 Å². The number of halogens is 1. The summed E-state index contributed by atoms with van der Waals surface area (Å²) < 4.78 is 16.6. The van der Waals surface area contributed by atoms with E-state index in [1.54, 1.807) is 30.2 Å². The maximum atomic E-state index is 13.4. The van der Waals surface area contributed by atoms with Gasteiger partial charge in [0.1, 0.15) is 24.1 Å². The van der Waals surface area contributed by atoms with Crippen molar-refractivity contribution < 1.29 is 19.0 Å². The number of amides is 1. The van der Waals surface area contributed by atoms with Crippen LogP contribution in [-0.4, -0.2) is 42.8 Å². The molecule has 184 valence electrons. The van der Waals surface area contributed by atoms with Gasteiger partial charge in [-0.2, -0.15) is 0 Å². The van der Waals surface area contributed by atoms with Gasteiger partial charge < -0.3 is 19.2 Å². The van der Waals surface area contributed by atoms with Gasteiger partial charge >= 0.3 is 6.09 Å². The fraction of sp³-hybridized carbons (Fsp3) is 0.207. The second-order valence-electron chi connectivity index (χ2n) is 8.60. The van der Waals surface area contributed by atoms with Crippen LogP contribution in [0, 0.1) is 0 Å². The van der Waals surface area contributed by atoms with Crippen LogP contribution in [0.2, 0.25) is 5.02 Å². The van der Waals surface area contributed by atoms with Crippen LogP contribution in [0.25, 0.3) is 17.0 Å². The van der Waals surface area contributed by atoms with Gasteiger partial charge in [-0.15, -0.1) is 0 Å². The second kappa shape index (κ2) is 10.5. The number of aromatic amines is 1. The van der Waals surface area contributed by atoms with Crippen LogP contribution in [0.4, 0.5) is 4.79 Å². The first-order valence-corrected chi connectivity index (χ1v) is 12.2. The Labute approximate surface area is 215 Å². The summed E-state index contributed by atoms with van der Waals surface area (Å²) in [6.07, 6.45) is 2.03. The smallest absolute Gasteiger partial charge is 0.416 e. The van der Waals surface area contributed by atoms with E-state index in [9.17, 15) is 4.79 Å². The summed E-state index contributed by atoms with van der Waals surface area (Å²) in [6.45, 7) is 5.25. The third kappa shape index (κ3) is 4.83. The molecule has 1 aromatic heterocycles. The summed E-state index contributed by atoms with van der Waals surface area (Å²) in [7, 11) is 1.64. The molecule has 1 unspecified atom stereocenters. The zero-order valence-electron chi connectivity index (χ0n) is 20.0. The molecule has 0 saturated carbocycles. The summed E-state index contributed by atoms with van der Waals surface area (Å²) in [4.78, 5) is 18.7. The highest BCUT2D eigenvalue weighted by Crippen LogP contribution is 2.40. The van der Waals surface area contributed by atoms with Crippen molar-refractivity contribution in [3.8, 4) is 11.5 Å². The zero-order valence-corrected chi connectivity index (χ0v) is 20.8. The van der Waals surface area contributed by atoms with Gasteiger partial charge in [-0.05, 0) is 65.6 Å². The highest BCUT2D eigenvalue weighted by molar-refractivity contribution is 6.31. The molecule has 0 radical (unpaired) electrons. The number of carbonyl (C=O) groups excluding carboxylic acids is 1. The molecular weight excluding hydrogens is 476 g/mol. The van der Waals surface area contributed by atoms with Gasteiger partial charge in [0.05, 0.1) is 6.61 Å². The van der Waals surface area contributed by atoms with Gasteiger partial charge in [-0.3, -0.25) is 4.90 Å². The largest absolute Gasteiger partial charge is 0.491 e. The third-order valence-corrected chi connectivity index (χ3v) is 6.63. The molecule has 1 atom stereocenters. The zero-order chi connectivity index (χ0) is 25.1. The maximum absolute atomic E-state index is 13.4. The average Bonchev–Trinajstić information content (AvgIpc) is 3.27. The van der Waals surface area contributed by atoms with E-state index in [0.717, 1.165) is 39.0 Å². The van der Waals surface area contributed by atoms with E-state index in [0.29, 0.717) is 37.0 Å². The number of benzene rings is 3. The number of methoxy groups -OCH3 is 1. The lowest BCUT2D eigenvalue weighted by molar-refractivity contribution is 0.135. The minimum absolute atomic E-state index is 0.354. The van der Waals surface area contributed by atoms with Gasteiger partial charge in [0, 0.05) is 35.3 Å². The number of ether oxygens (including phenoxy) is 3. The van der Waals surface area contributed by atoms with Crippen LogP contribution in [-0.2, 0) is 11.2 Å². The average molecular weight is 503 g/mol. The molecule has 3 aromatic carbocycles. The summed E-state index contributed by atoms with van der Waals surface area (Å²) >= 11 is 6.30. The highest BCUT2D eigenvalue weighted by Gasteiger charge is 2.35. The predicted molar refractivity (Wildman–Crippen MR) is 142 cm³/mol. The Morgan fingerprint density at radius 2 is 1.83 bits per heavy atom. The minimum atomic E-state index is -0.408. The van der Waals surface area contributed by atoms with Gasteiger partial charge in [-0.25, -0.2) is 4.79 Å². The number of nitrogens with one attached hydrogen (secondary N) is 1. The Balaban J connectivity index is 1.49. The van der Waals surface area contributed by atoms with Crippen LogP contribution in [0.15, 0.2) is 73.3 Å². The molecule has 0 bridgehead atoms. The lowest BCUT2D eigenvalue weighted by Crippen LogP contribution is -2.42. The molecule has 0 fully saturated rings. The van der Waals surface area contributed by atoms with Crippen molar-refractivity contribution in [1.29, 1.82) is 0 Å². The second-order valence-corrected chi connectivity index (χ2v) is 9.04. The van der Waals surface area contributed by atoms with E-state index in [1.165, 1.54) is 0 Å². The Hall–Kier alpha value is -3.74. The van der Waals surface area contributed by atoms with Crippen molar-refractivity contribution >= 4 is 34.7 Å². The van der Waals surface area contributed by atoms with E-state index in [4.69, 9.17) is 25.8 Å². The van der Waals surface area contributed by atoms with Gasteiger partial charge in [0.2, 0.25) is 0 Å². The molecule has 2 heterocycles. The molecule has 1 aliphatic heterocycles. The van der Waals surface area contributed by atoms with E-state index < -0.39 is 6.09 Å². The Kier molecular flexibility index (Phi) is 6.98. The van der Waals surface area contributed by atoms with Crippen molar-refractivity contribution in [2.45, 2.75) is 12.5 Å². The molecule has 0 aliphatic carbocycles. The molecule has 36 heavy (non-hydrogen) atoms. The predicted octanol–water partition coefficient (Wildman–Crippen LogP) is 6.64. The molecule has 4 aromatic rings. The van der Waals surface area contributed by atoms with E-state index in [-0.39, 0.29) is 6.04 Å². The highest BCUT2D eigenvalue weighted by atomic mass is 35.5. The van der Waals surface area contributed by atoms with Crippen molar-refractivity contribution in [3.63, 3.8) is 0 Å². The number of nitrogens with zero attached hydrogens (tertiary/aromatic N) is 1. The van der Waals surface area contributed by atoms with Crippen molar-refractivity contribution in [3.05, 3.63) is 101 Å². The van der Waals surface area contributed by atoms with E-state index in [2.05, 4.69) is 11.6 Å². The first-order valence-electron chi connectivity index (χ1n) is 11.8. The SMILES string of the molecule is C=Cc1ccc(OC(=O)N2CCc3c([nH]c4ccc(Cl)cc34)C2c2ccc(OCCOC)cc2)cc1. The number of carbonyl (C=O) groups is 1. The quantitative estimate of drug-likeness (QED) is 0.288. The normalized spacial score (nSPS) is 14.9. The van der Waals surface area contributed by atoms with Gasteiger partial charge in [0.15, 0.2) is 0 Å². The molecule has 1 N–H and O–H groups in total. The number of hydrogen-bond acceptors (Lipinski definition) is 4. The fourth-order valence-electron chi connectivity index (χ4n) is 4.62. The first kappa shape index (κ1) is 24.0. The number of hydrogen-bond donors (Lipinski definition) is 1. The summed E-state index contributed by atoms with van der Waals surface area (Å²) in [6, 6.07) is 20.5. The van der Waals surface area contributed by atoms with Gasteiger partial charge in [0.25, 0.3) is 0 Å². The lowest BCUT2D eigenvalue weighted by Gasteiger charge is -2.35. The molecule has 1 aliphatic rings. The van der Waals surface area contributed by atoms with Crippen molar-refractivity contribution in [1.82, 2.24) is 9.88 Å². The molecule has 0 spiro atoms. The molecule has 5 rings (SSSR count). The molecule has 1 amide bonds. The summed E-state index contributed by atoms with van der Waals surface area (Å²) in [5.41, 5.74) is 5.03. The molecule has 0 saturated heterocycles. The molecule has 6 nitrogen and oxygen atoms in total. The van der Waals surface area contributed by atoms with Crippen molar-refractivity contribution in [2.75, 3.05) is 26.9 Å². The van der Waals surface area contributed by atoms with Crippen LogP contribution in [0.3, 0.4) is 0 Å². The van der Waals surface area contributed by atoms with Crippen LogP contribution < -0.4 is 9.47 Å². The molecular formula is C29H27ClN2O4. The monoisotopic (exact) mass is 502 g/mol. The summed E-state index contributed by atoms with van der Waals surface area (Å²) in [5.74, 6) is 1.23.